The van der Waals surface area contributed by atoms with E-state index in [2.05, 4.69) is 5.32 Å². The number of hydrogen-bond donors (Lipinski definition) is 1. The standard InChI is InChI=1S/C18H19ClN2O4S/c1-12-10-14(21-8-3-9-26(21,23)24)5-6-16(12)20-18(22)15-11-13(19)4-7-17(15)25-2/h4-7,10-11H,3,8-9H2,1-2H3,(H,20,22). The van der Waals surface area contributed by atoms with E-state index in [0.717, 1.165) is 5.56 Å². The number of hydrogen-bond acceptors (Lipinski definition) is 4. The van der Waals surface area contributed by atoms with Crippen LogP contribution >= 0.6 is 11.6 Å². The first kappa shape index (κ1) is 18.5. The van der Waals surface area contributed by atoms with Crippen LogP contribution in [0, 0.1) is 6.92 Å². The van der Waals surface area contributed by atoms with E-state index in [4.69, 9.17) is 16.3 Å². The van der Waals surface area contributed by atoms with Crippen molar-refractivity contribution >= 4 is 38.9 Å². The Morgan fingerprint density at radius 1 is 1.23 bits per heavy atom. The molecule has 26 heavy (non-hydrogen) atoms. The van der Waals surface area contributed by atoms with Gasteiger partial charge in [-0.1, -0.05) is 11.6 Å². The van der Waals surface area contributed by atoms with Gasteiger partial charge in [0.25, 0.3) is 5.91 Å². The number of carbonyl (C=O) groups is 1. The van der Waals surface area contributed by atoms with Gasteiger partial charge in [-0.3, -0.25) is 9.10 Å². The van der Waals surface area contributed by atoms with Crippen LogP contribution in [0.2, 0.25) is 5.02 Å². The molecular weight excluding hydrogens is 376 g/mol. The smallest absolute Gasteiger partial charge is 0.259 e. The third-order valence-corrected chi connectivity index (χ3v) is 6.36. The summed E-state index contributed by atoms with van der Waals surface area (Å²) in [6.45, 7) is 2.30. The lowest BCUT2D eigenvalue weighted by Gasteiger charge is -2.19. The summed E-state index contributed by atoms with van der Waals surface area (Å²) in [5.74, 6) is 0.234. The maximum Gasteiger partial charge on any atom is 0.259 e. The van der Waals surface area contributed by atoms with E-state index in [0.29, 0.717) is 40.7 Å². The number of halogens is 1. The minimum absolute atomic E-state index is 0.166. The second-order valence-electron chi connectivity index (χ2n) is 6.04. The van der Waals surface area contributed by atoms with Gasteiger partial charge in [-0.05, 0) is 55.3 Å². The summed E-state index contributed by atoms with van der Waals surface area (Å²) in [6.07, 6.45) is 0.619. The molecule has 1 heterocycles. The molecule has 1 fully saturated rings. The molecule has 1 N–H and O–H groups in total. The second-order valence-corrected chi connectivity index (χ2v) is 8.49. The lowest BCUT2D eigenvalue weighted by molar-refractivity contribution is 0.102. The lowest BCUT2D eigenvalue weighted by atomic mass is 10.1. The molecule has 1 saturated heterocycles. The van der Waals surface area contributed by atoms with Crippen molar-refractivity contribution < 1.29 is 17.9 Å². The topological polar surface area (TPSA) is 75.7 Å². The molecular formula is C18H19ClN2O4S. The van der Waals surface area contributed by atoms with Gasteiger partial charge in [0.2, 0.25) is 10.0 Å². The molecule has 0 spiro atoms. The molecule has 0 saturated carbocycles. The molecule has 0 atom stereocenters. The number of aryl methyl sites for hydroxylation is 1. The molecule has 6 nitrogen and oxygen atoms in total. The summed E-state index contributed by atoms with van der Waals surface area (Å²) in [5, 5.41) is 3.25. The Kier molecular flexibility index (Phi) is 5.11. The summed E-state index contributed by atoms with van der Waals surface area (Å²) in [4.78, 5) is 12.6. The SMILES string of the molecule is COc1ccc(Cl)cc1C(=O)Nc1ccc(N2CCCS2(=O)=O)cc1C. The number of carbonyl (C=O) groups excluding carboxylic acids is 1. The minimum atomic E-state index is -3.23. The maximum atomic E-state index is 12.6. The second kappa shape index (κ2) is 7.17. The monoisotopic (exact) mass is 394 g/mol. The van der Waals surface area contributed by atoms with Gasteiger partial charge in [-0.25, -0.2) is 8.42 Å². The van der Waals surface area contributed by atoms with Gasteiger partial charge in [0.05, 0.1) is 24.1 Å². The molecule has 8 heteroatoms. The molecule has 138 valence electrons. The van der Waals surface area contributed by atoms with Gasteiger partial charge >= 0.3 is 0 Å². The number of benzene rings is 2. The zero-order valence-corrected chi connectivity index (χ0v) is 16.0. The van der Waals surface area contributed by atoms with Crippen molar-refractivity contribution in [1.29, 1.82) is 0 Å². The van der Waals surface area contributed by atoms with Gasteiger partial charge in [-0.15, -0.1) is 0 Å². The van der Waals surface area contributed by atoms with Crippen LogP contribution in [-0.4, -0.2) is 33.7 Å². The van der Waals surface area contributed by atoms with Crippen molar-refractivity contribution in [3.63, 3.8) is 0 Å². The highest BCUT2D eigenvalue weighted by Crippen LogP contribution is 2.29. The average molecular weight is 395 g/mol. The van der Waals surface area contributed by atoms with Crippen molar-refractivity contribution in [3.05, 3.63) is 52.5 Å². The lowest BCUT2D eigenvalue weighted by Crippen LogP contribution is -2.25. The number of nitrogens with zero attached hydrogens (tertiary/aromatic N) is 1. The van der Waals surface area contributed by atoms with Crippen LogP contribution in [0.25, 0.3) is 0 Å². The van der Waals surface area contributed by atoms with Gasteiger partial charge in [0.1, 0.15) is 5.75 Å². The Bertz CT molecular complexity index is 960. The van der Waals surface area contributed by atoms with Gasteiger partial charge < -0.3 is 10.1 Å². The van der Waals surface area contributed by atoms with Crippen molar-refractivity contribution in [3.8, 4) is 5.75 Å². The van der Waals surface area contributed by atoms with Crippen LogP contribution in [0.1, 0.15) is 22.3 Å². The number of amides is 1. The maximum absolute atomic E-state index is 12.6. The van der Waals surface area contributed by atoms with Crippen molar-refractivity contribution in [2.75, 3.05) is 29.0 Å². The van der Waals surface area contributed by atoms with Crippen molar-refractivity contribution in [2.45, 2.75) is 13.3 Å². The summed E-state index contributed by atoms with van der Waals surface area (Å²) >= 11 is 5.97. The summed E-state index contributed by atoms with van der Waals surface area (Å²) in [6, 6.07) is 9.97. The van der Waals surface area contributed by atoms with E-state index in [9.17, 15) is 13.2 Å². The molecule has 0 unspecified atom stereocenters. The Labute approximate surface area is 157 Å². The first-order valence-corrected chi connectivity index (χ1v) is 10.1. The average Bonchev–Trinajstić information content (AvgIpc) is 2.95. The van der Waals surface area contributed by atoms with Crippen LogP contribution in [0.3, 0.4) is 0 Å². The molecule has 1 amide bonds. The van der Waals surface area contributed by atoms with Crippen LogP contribution in [0.15, 0.2) is 36.4 Å². The number of methoxy groups -OCH3 is 1. The van der Waals surface area contributed by atoms with E-state index in [1.54, 1.807) is 30.3 Å². The fraction of sp³-hybridized carbons (Fsp3) is 0.278. The predicted molar refractivity (Wildman–Crippen MR) is 103 cm³/mol. The zero-order chi connectivity index (χ0) is 18.9. The summed E-state index contributed by atoms with van der Waals surface area (Å²) < 4.78 is 30.7. The Balaban J connectivity index is 1.85. The fourth-order valence-corrected chi connectivity index (χ4v) is 4.65. The van der Waals surface area contributed by atoms with Crippen LogP contribution in [0.5, 0.6) is 5.75 Å². The van der Waals surface area contributed by atoms with E-state index in [1.165, 1.54) is 17.5 Å². The Morgan fingerprint density at radius 2 is 2.00 bits per heavy atom. The normalized spacial score (nSPS) is 15.7. The Hall–Kier alpha value is -2.25. The highest BCUT2D eigenvalue weighted by Gasteiger charge is 2.28. The highest BCUT2D eigenvalue weighted by molar-refractivity contribution is 7.93. The largest absolute Gasteiger partial charge is 0.496 e. The van der Waals surface area contributed by atoms with Crippen molar-refractivity contribution in [1.82, 2.24) is 0 Å². The van der Waals surface area contributed by atoms with E-state index < -0.39 is 10.0 Å². The Morgan fingerprint density at radius 3 is 2.62 bits per heavy atom. The van der Waals surface area contributed by atoms with Gasteiger partial charge in [0.15, 0.2) is 0 Å². The molecule has 0 aromatic heterocycles. The van der Waals surface area contributed by atoms with Crippen molar-refractivity contribution in [2.24, 2.45) is 0 Å². The first-order chi connectivity index (χ1) is 12.3. The fourth-order valence-electron chi connectivity index (χ4n) is 2.92. The predicted octanol–water partition coefficient (Wildman–Crippen LogP) is 3.45. The van der Waals surface area contributed by atoms with Crippen LogP contribution < -0.4 is 14.4 Å². The van der Waals surface area contributed by atoms with Gasteiger partial charge in [0, 0.05) is 17.3 Å². The molecule has 1 aliphatic rings. The molecule has 0 aliphatic carbocycles. The van der Waals surface area contributed by atoms with E-state index >= 15 is 0 Å². The molecule has 2 aromatic rings. The first-order valence-electron chi connectivity index (χ1n) is 8.08. The van der Waals surface area contributed by atoms with Crippen LogP contribution in [0.4, 0.5) is 11.4 Å². The quantitative estimate of drug-likeness (QED) is 0.861. The summed E-state index contributed by atoms with van der Waals surface area (Å²) in [5.41, 5.74) is 2.29. The number of sulfonamides is 1. The molecule has 2 aromatic carbocycles. The molecule has 0 bridgehead atoms. The van der Waals surface area contributed by atoms with Crippen LogP contribution in [-0.2, 0) is 10.0 Å². The molecule has 1 aliphatic heterocycles. The molecule has 3 rings (SSSR count). The number of anilines is 2. The number of nitrogens with one attached hydrogen (secondary N) is 1. The third kappa shape index (κ3) is 3.64. The van der Waals surface area contributed by atoms with Gasteiger partial charge in [-0.2, -0.15) is 0 Å². The highest BCUT2D eigenvalue weighted by atomic mass is 35.5. The minimum Gasteiger partial charge on any atom is -0.496 e. The zero-order valence-electron chi connectivity index (χ0n) is 14.5. The molecule has 0 radical (unpaired) electrons. The number of rotatable bonds is 4. The third-order valence-electron chi connectivity index (χ3n) is 4.25. The summed E-state index contributed by atoms with van der Waals surface area (Å²) in [7, 11) is -1.75. The van der Waals surface area contributed by atoms with E-state index in [1.807, 2.05) is 6.92 Å². The number of ether oxygens (including phenoxy) is 1. The van der Waals surface area contributed by atoms with E-state index in [-0.39, 0.29) is 11.7 Å².